The Morgan fingerprint density at radius 3 is 1.93 bits per heavy atom. The van der Waals surface area contributed by atoms with Gasteiger partial charge in [-0.05, 0) is 56.9 Å². The van der Waals surface area contributed by atoms with E-state index in [1.807, 2.05) is 32.9 Å². The number of halogens is 2. The second-order valence-electron chi connectivity index (χ2n) is 7.89. The van der Waals surface area contributed by atoms with E-state index in [9.17, 15) is 14.2 Å². The fourth-order valence-corrected chi connectivity index (χ4v) is 6.95. The molecule has 0 amide bonds. The maximum atomic E-state index is 13.7. The largest absolute Gasteiger partial charge is 0.434 e. The first-order valence-corrected chi connectivity index (χ1v) is 11.8. The SMILES string of the molecule is Cc1cc(C)c(C(=O)[P+](=O)C2(C(=O)c3c(Cl)cccc3Cl)CCCCC2)c(C)c1. The summed E-state index contributed by atoms with van der Waals surface area (Å²) in [6, 6.07) is 8.67. The molecule has 3 nitrogen and oxygen atoms in total. The Balaban J connectivity index is 2.11. The average molecular weight is 450 g/mol. The smallest absolute Gasteiger partial charge is 0.289 e. The van der Waals surface area contributed by atoms with Crippen LogP contribution in [-0.4, -0.2) is 16.5 Å². The molecule has 3 rings (SSSR count). The number of carbonyl (C=O) groups excluding carboxylic acids is 2. The van der Waals surface area contributed by atoms with Crippen LogP contribution >= 0.6 is 31.0 Å². The molecule has 2 aromatic rings. The number of benzene rings is 2. The van der Waals surface area contributed by atoms with E-state index < -0.39 is 18.5 Å². The molecule has 29 heavy (non-hydrogen) atoms. The Kier molecular flexibility index (Phi) is 6.63. The summed E-state index contributed by atoms with van der Waals surface area (Å²) in [4.78, 5) is 27.1. The van der Waals surface area contributed by atoms with Gasteiger partial charge in [0.2, 0.25) is 10.9 Å². The normalized spacial score (nSPS) is 16.4. The predicted molar refractivity (Wildman–Crippen MR) is 119 cm³/mol. The second kappa shape index (κ2) is 8.68. The number of ketones is 1. The lowest BCUT2D eigenvalue weighted by atomic mass is 9.82. The molecule has 1 unspecified atom stereocenters. The fraction of sp³-hybridized carbons (Fsp3) is 0.391. The zero-order valence-corrected chi connectivity index (χ0v) is 19.3. The van der Waals surface area contributed by atoms with Crippen LogP contribution < -0.4 is 0 Å². The van der Waals surface area contributed by atoms with Crippen LogP contribution in [0.4, 0.5) is 0 Å². The first-order valence-electron chi connectivity index (χ1n) is 9.77. The molecule has 0 spiro atoms. The van der Waals surface area contributed by atoms with Crippen LogP contribution in [0.1, 0.15) is 69.5 Å². The van der Waals surface area contributed by atoms with Crippen molar-refractivity contribution >= 4 is 42.3 Å². The van der Waals surface area contributed by atoms with Crippen molar-refractivity contribution in [2.24, 2.45) is 0 Å². The standard InChI is InChI=1S/C23H24Cl2O3P/c1-14-12-15(2)19(16(3)13-14)22(27)29(28)23(10-5-4-6-11-23)21(26)20-17(24)8-7-9-18(20)25/h7-9,12-13H,4-6,10-11H2,1-3H3/q+1. The summed E-state index contributed by atoms with van der Waals surface area (Å²) in [7, 11) is -2.51. The lowest BCUT2D eigenvalue weighted by Gasteiger charge is -2.27. The highest BCUT2D eigenvalue weighted by molar-refractivity contribution is 7.67. The van der Waals surface area contributed by atoms with Gasteiger partial charge in [0.15, 0.2) is 0 Å². The van der Waals surface area contributed by atoms with Crippen molar-refractivity contribution in [1.82, 2.24) is 0 Å². The highest BCUT2D eigenvalue weighted by atomic mass is 35.5. The summed E-state index contributed by atoms with van der Waals surface area (Å²) in [6.07, 6.45) is 3.24. The van der Waals surface area contributed by atoms with Gasteiger partial charge in [-0.15, -0.1) is 0 Å². The van der Waals surface area contributed by atoms with Crippen molar-refractivity contribution < 1.29 is 14.2 Å². The van der Waals surface area contributed by atoms with Crippen molar-refractivity contribution in [2.75, 3.05) is 0 Å². The Morgan fingerprint density at radius 1 is 0.897 bits per heavy atom. The van der Waals surface area contributed by atoms with Gasteiger partial charge in [0, 0.05) is 12.8 Å². The van der Waals surface area contributed by atoms with Gasteiger partial charge in [0.05, 0.1) is 21.2 Å². The van der Waals surface area contributed by atoms with Crippen LogP contribution in [0.3, 0.4) is 0 Å². The zero-order valence-electron chi connectivity index (χ0n) is 16.9. The van der Waals surface area contributed by atoms with E-state index in [-0.39, 0.29) is 21.4 Å². The lowest BCUT2D eigenvalue weighted by Crippen LogP contribution is -2.39. The number of carbonyl (C=O) groups is 2. The maximum Gasteiger partial charge on any atom is 0.434 e. The molecule has 1 aliphatic carbocycles. The molecule has 152 valence electrons. The number of hydrogen-bond donors (Lipinski definition) is 0. The molecule has 0 heterocycles. The molecule has 0 bridgehead atoms. The predicted octanol–water partition coefficient (Wildman–Crippen LogP) is 7.47. The second-order valence-corrected chi connectivity index (χ2v) is 10.6. The van der Waals surface area contributed by atoms with Gasteiger partial charge in [0.1, 0.15) is 0 Å². The lowest BCUT2D eigenvalue weighted by molar-refractivity contribution is 0.0903. The highest BCUT2D eigenvalue weighted by Crippen LogP contribution is 2.54. The number of hydrogen-bond acceptors (Lipinski definition) is 3. The average Bonchev–Trinajstić information content (AvgIpc) is 2.66. The first kappa shape index (κ1) is 22.2. The van der Waals surface area contributed by atoms with E-state index in [1.54, 1.807) is 18.2 Å². The molecule has 1 saturated carbocycles. The Bertz CT molecular complexity index is 964. The summed E-state index contributed by atoms with van der Waals surface area (Å²) in [5, 5.41) is -0.805. The van der Waals surface area contributed by atoms with Crippen molar-refractivity contribution in [2.45, 2.75) is 58.0 Å². The number of rotatable bonds is 5. The van der Waals surface area contributed by atoms with Crippen molar-refractivity contribution in [3.05, 3.63) is 68.2 Å². The third-order valence-electron chi connectivity index (χ3n) is 5.76. The molecule has 0 N–H and O–H groups in total. The van der Waals surface area contributed by atoms with Gasteiger partial charge in [-0.1, -0.05) is 58.0 Å². The maximum absolute atomic E-state index is 13.7. The minimum Gasteiger partial charge on any atom is -0.289 e. The molecule has 0 aromatic heterocycles. The molecule has 6 heteroatoms. The molecule has 1 atom stereocenters. The van der Waals surface area contributed by atoms with Gasteiger partial charge in [-0.3, -0.25) is 4.79 Å². The minimum absolute atomic E-state index is 0.172. The minimum atomic E-state index is -2.51. The molecule has 0 aliphatic heterocycles. The van der Waals surface area contributed by atoms with Crippen molar-refractivity contribution in [3.63, 3.8) is 0 Å². The monoisotopic (exact) mass is 449 g/mol. The molecular formula is C23H24Cl2O3P+. The Hall–Kier alpha value is -1.54. The van der Waals surface area contributed by atoms with E-state index in [0.29, 0.717) is 18.4 Å². The summed E-state index contributed by atoms with van der Waals surface area (Å²) in [5.41, 5.74) is 2.78. The molecule has 0 radical (unpaired) electrons. The van der Waals surface area contributed by atoms with Gasteiger partial charge >= 0.3 is 13.3 Å². The molecule has 1 aliphatic rings. The number of Topliss-reactive ketones (excluding diaryl/α,β-unsaturated/α-hetero) is 1. The van der Waals surface area contributed by atoms with Crippen LogP contribution in [0.5, 0.6) is 0 Å². The van der Waals surface area contributed by atoms with E-state index in [2.05, 4.69) is 0 Å². The van der Waals surface area contributed by atoms with Crippen LogP contribution in [0.15, 0.2) is 30.3 Å². The van der Waals surface area contributed by atoms with E-state index in [1.165, 1.54) is 0 Å². The molecule has 0 saturated heterocycles. The van der Waals surface area contributed by atoms with Crippen LogP contribution in [0, 0.1) is 20.8 Å². The van der Waals surface area contributed by atoms with Crippen LogP contribution in [0.25, 0.3) is 0 Å². The Labute approximate surface area is 182 Å². The summed E-state index contributed by atoms with van der Waals surface area (Å²) >= 11 is 12.6. The molecular weight excluding hydrogens is 426 g/mol. The van der Waals surface area contributed by atoms with E-state index >= 15 is 0 Å². The quantitative estimate of drug-likeness (QED) is 0.351. The Morgan fingerprint density at radius 2 is 1.41 bits per heavy atom. The fourth-order valence-electron chi connectivity index (χ4n) is 4.42. The van der Waals surface area contributed by atoms with Crippen LogP contribution in [0.2, 0.25) is 10.0 Å². The van der Waals surface area contributed by atoms with E-state index in [4.69, 9.17) is 23.2 Å². The third kappa shape index (κ3) is 4.06. The molecule has 2 aromatic carbocycles. The summed E-state index contributed by atoms with van der Waals surface area (Å²) in [6.45, 7) is 5.65. The zero-order chi connectivity index (χ0) is 21.3. The first-order chi connectivity index (χ1) is 13.7. The topological polar surface area (TPSA) is 51.2 Å². The molecule has 1 fully saturated rings. The summed E-state index contributed by atoms with van der Waals surface area (Å²) < 4.78 is 13.7. The van der Waals surface area contributed by atoms with Gasteiger partial charge in [0.25, 0.3) is 0 Å². The van der Waals surface area contributed by atoms with Gasteiger partial charge in [-0.25, -0.2) is 4.79 Å². The highest BCUT2D eigenvalue weighted by Gasteiger charge is 2.60. The third-order valence-corrected chi connectivity index (χ3v) is 8.41. The summed E-state index contributed by atoms with van der Waals surface area (Å²) in [5.74, 6) is -0.371. The van der Waals surface area contributed by atoms with Gasteiger partial charge < -0.3 is 0 Å². The van der Waals surface area contributed by atoms with E-state index in [0.717, 1.165) is 36.0 Å². The van der Waals surface area contributed by atoms with Gasteiger partial charge in [-0.2, -0.15) is 0 Å². The van der Waals surface area contributed by atoms with Crippen molar-refractivity contribution in [1.29, 1.82) is 0 Å². The number of aryl methyl sites for hydroxylation is 3. The van der Waals surface area contributed by atoms with Crippen LogP contribution in [-0.2, 0) is 4.57 Å². The van der Waals surface area contributed by atoms with Crippen molar-refractivity contribution in [3.8, 4) is 0 Å².